The van der Waals surface area contributed by atoms with Crippen molar-refractivity contribution >= 4 is 23.2 Å². The lowest BCUT2D eigenvalue weighted by atomic mass is 9.99. The predicted octanol–water partition coefficient (Wildman–Crippen LogP) is 3.15. The van der Waals surface area contributed by atoms with Crippen LogP contribution in [0.25, 0.3) is 0 Å². The van der Waals surface area contributed by atoms with E-state index >= 15 is 0 Å². The van der Waals surface area contributed by atoms with Crippen LogP contribution in [0.3, 0.4) is 0 Å². The lowest BCUT2D eigenvalue weighted by molar-refractivity contribution is 0.580. The third kappa shape index (κ3) is 2.22. The molecule has 1 aromatic carbocycles. The van der Waals surface area contributed by atoms with Gasteiger partial charge in [-0.3, -0.25) is 0 Å². The molecule has 1 heterocycles. The lowest BCUT2D eigenvalue weighted by Gasteiger charge is -2.10. The van der Waals surface area contributed by atoms with Gasteiger partial charge in [-0.15, -0.1) is 0 Å². The molecule has 14 heavy (non-hydrogen) atoms. The highest BCUT2D eigenvalue weighted by atomic mass is 35.5. The Hall–Kier alpha value is -0.240. The normalized spacial score (nSPS) is 21.4. The fraction of sp³-hybridized carbons (Fsp3) is 0.455. The minimum absolute atomic E-state index is 0.662. The van der Waals surface area contributed by atoms with Gasteiger partial charge in [-0.05, 0) is 43.5 Å². The molecule has 0 saturated carbocycles. The Morgan fingerprint density at radius 3 is 2.93 bits per heavy atom. The van der Waals surface area contributed by atoms with Crippen LogP contribution in [0.15, 0.2) is 18.2 Å². The molecule has 0 radical (unpaired) electrons. The molecular formula is C11H13Cl2N. The molecule has 1 nitrogen and oxygen atoms in total. The quantitative estimate of drug-likeness (QED) is 0.822. The van der Waals surface area contributed by atoms with E-state index in [9.17, 15) is 0 Å². The van der Waals surface area contributed by atoms with Crippen molar-refractivity contribution in [3.8, 4) is 0 Å². The van der Waals surface area contributed by atoms with Gasteiger partial charge in [0.2, 0.25) is 0 Å². The smallest absolute Gasteiger partial charge is 0.0624 e. The molecule has 0 bridgehead atoms. The standard InChI is InChI=1S/C11H13Cl2N/c12-10-3-1-2-9(11(10)13)6-8-4-5-14-7-8/h1-3,8,14H,4-7H2. The van der Waals surface area contributed by atoms with Gasteiger partial charge in [0, 0.05) is 0 Å². The van der Waals surface area contributed by atoms with Crippen molar-refractivity contribution in [2.24, 2.45) is 5.92 Å². The second kappa shape index (κ2) is 4.52. The van der Waals surface area contributed by atoms with Gasteiger partial charge in [0.1, 0.15) is 0 Å². The summed E-state index contributed by atoms with van der Waals surface area (Å²) >= 11 is 12.1. The monoisotopic (exact) mass is 229 g/mol. The van der Waals surface area contributed by atoms with Crippen LogP contribution in [-0.2, 0) is 6.42 Å². The summed E-state index contributed by atoms with van der Waals surface area (Å²) in [6.45, 7) is 2.23. The maximum Gasteiger partial charge on any atom is 0.0624 e. The Morgan fingerprint density at radius 1 is 1.36 bits per heavy atom. The molecule has 1 unspecified atom stereocenters. The maximum atomic E-state index is 6.12. The van der Waals surface area contributed by atoms with Crippen molar-refractivity contribution in [3.63, 3.8) is 0 Å². The number of benzene rings is 1. The molecule has 1 saturated heterocycles. The SMILES string of the molecule is Clc1cccc(CC2CCNC2)c1Cl. The summed E-state index contributed by atoms with van der Waals surface area (Å²) in [5.74, 6) is 0.714. The van der Waals surface area contributed by atoms with Crippen LogP contribution < -0.4 is 5.32 Å². The van der Waals surface area contributed by atoms with Crippen LogP contribution in [0.1, 0.15) is 12.0 Å². The van der Waals surface area contributed by atoms with Crippen molar-refractivity contribution in [2.75, 3.05) is 13.1 Å². The average molecular weight is 230 g/mol. The Balaban J connectivity index is 2.11. The van der Waals surface area contributed by atoms with Gasteiger partial charge in [0.25, 0.3) is 0 Å². The van der Waals surface area contributed by atoms with E-state index in [0.717, 1.165) is 24.5 Å². The largest absolute Gasteiger partial charge is 0.316 e. The molecule has 1 N–H and O–H groups in total. The molecule has 1 aliphatic heterocycles. The van der Waals surface area contributed by atoms with E-state index in [1.54, 1.807) is 0 Å². The van der Waals surface area contributed by atoms with Gasteiger partial charge >= 0.3 is 0 Å². The number of halogens is 2. The van der Waals surface area contributed by atoms with Crippen LogP contribution in [0, 0.1) is 5.92 Å². The van der Waals surface area contributed by atoms with Crippen molar-refractivity contribution in [1.29, 1.82) is 0 Å². The molecule has 76 valence electrons. The molecule has 1 atom stereocenters. The van der Waals surface area contributed by atoms with Crippen molar-refractivity contribution < 1.29 is 0 Å². The fourth-order valence-electron chi connectivity index (χ4n) is 1.91. The van der Waals surface area contributed by atoms with Gasteiger partial charge in [-0.1, -0.05) is 35.3 Å². The van der Waals surface area contributed by atoms with E-state index in [1.165, 1.54) is 12.0 Å². The summed E-state index contributed by atoms with van der Waals surface area (Å²) in [6, 6.07) is 5.86. The molecule has 2 rings (SSSR count). The highest BCUT2D eigenvalue weighted by Crippen LogP contribution is 2.28. The highest BCUT2D eigenvalue weighted by Gasteiger charge is 2.16. The van der Waals surface area contributed by atoms with E-state index in [0.29, 0.717) is 10.9 Å². The lowest BCUT2D eigenvalue weighted by Crippen LogP contribution is -2.10. The average Bonchev–Trinajstić information content (AvgIpc) is 2.66. The molecule has 1 aliphatic rings. The Kier molecular flexibility index (Phi) is 3.32. The molecule has 0 amide bonds. The minimum atomic E-state index is 0.662. The molecular weight excluding hydrogens is 217 g/mol. The van der Waals surface area contributed by atoms with E-state index < -0.39 is 0 Å². The summed E-state index contributed by atoms with van der Waals surface area (Å²) in [5, 5.41) is 4.74. The first kappa shape index (κ1) is 10.3. The highest BCUT2D eigenvalue weighted by molar-refractivity contribution is 6.42. The summed E-state index contributed by atoms with van der Waals surface area (Å²) < 4.78 is 0. The second-order valence-electron chi connectivity index (χ2n) is 3.78. The van der Waals surface area contributed by atoms with E-state index in [1.807, 2.05) is 12.1 Å². The third-order valence-electron chi connectivity index (χ3n) is 2.70. The molecule has 0 aliphatic carbocycles. The molecule has 3 heteroatoms. The molecule has 0 spiro atoms. The summed E-state index contributed by atoms with van der Waals surface area (Å²) in [4.78, 5) is 0. The topological polar surface area (TPSA) is 12.0 Å². The zero-order valence-corrected chi connectivity index (χ0v) is 9.41. The van der Waals surface area contributed by atoms with Crippen molar-refractivity contribution in [3.05, 3.63) is 33.8 Å². The maximum absolute atomic E-state index is 6.12. The zero-order chi connectivity index (χ0) is 9.97. The van der Waals surface area contributed by atoms with E-state index in [4.69, 9.17) is 23.2 Å². The van der Waals surface area contributed by atoms with Gasteiger partial charge in [0.15, 0.2) is 0 Å². The van der Waals surface area contributed by atoms with Gasteiger partial charge in [-0.2, -0.15) is 0 Å². The van der Waals surface area contributed by atoms with Crippen LogP contribution in [0.2, 0.25) is 10.0 Å². The Labute approximate surface area is 94.4 Å². The van der Waals surface area contributed by atoms with Gasteiger partial charge in [-0.25, -0.2) is 0 Å². The first-order valence-electron chi connectivity index (χ1n) is 4.91. The number of nitrogens with one attached hydrogen (secondary N) is 1. The first-order chi connectivity index (χ1) is 6.77. The van der Waals surface area contributed by atoms with E-state index in [-0.39, 0.29) is 0 Å². The first-order valence-corrected chi connectivity index (χ1v) is 5.66. The van der Waals surface area contributed by atoms with Crippen LogP contribution in [0.4, 0.5) is 0 Å². The molecule has 0 aromatic heterocycles. The number of hydrogen-bond donors (Lipinski definition) is 1. The minimum Gasteiger partial charge on any atom is -0.316 e. The molecule has 1 aromatic rings. The Bertz CT molecular complexity index is 319. The Morgan fingerprint density at radius 2 is 2.21 bits per heavy atom. The summed E-state index contributed by atoms with van der Waals surface area (Å²) in [5.41, 5.74) is 1.17. The van der Waals surface area contributed by atoms with Crippen LogP contribution >= 0.6 is 23.2 Å². The predicted molar refractivity (Wildman–Crippen MR) is 61.1 cm³/mol. The van der Waals surface area contributed by atoms with Crippen molar-refractivity contribution in [1.82, 2.24) is 5.32 Å². The van der Waals surface area contributed by atoms with Crippen LogP contribution in [-0.4, -0.2) is 13.1 Å². The summed E-state index contributed by atoms with van der Waals surface area (Å²) in [6.07, 6.45) is 2.27. The molecule has 1 fully saturated rings. The fourth-order valence-corrected chi connectivity index (χ4v) is 2.30. The van der Waals surface area contributed by atoms with Crippen molar-refractivity contribution in [2.45, 2.75) is 12.8 Å². The summed E-state index contributed by atoms with van der Waals surface area (Å²) in [7, 11) is 0. The van der Waals surface area contributed by atoms with E-state index in [2.05, 4.69) is 11.4 Å². The third-order valence-corrected chi connectivity index (χ3v) is 3.56. The van der Waals surface area contributed by atoms with Crippen LogP contribution in [0.5, 0.6) is 0 Å². The number of rotatable bonds is 2. The second-order valence-corrected chi connectivity index (χ2v) is 4.56. The van der Waals surface area contributed by atoms with Gasteiger partial charge in [0.05, 0.1) is 10.0 Å². The zero-order valence-electron chi connectivity index (χ0n) is 7.89. The van der Waals surface area contributed by atoms with Gasteiger partial charge < -0.3 is 5.32 Å². The number of hydrogen-bond acceptors (Lipinski definition) is 1.